The standard InChI is InChI=1S/C19H16N2/c20-15-10-11-17-14(12-15)13-21(16-6-2-1-3-7-16)19-9-5-4-8-18(17)19/h1-12H,13,20H2. The van der Waals surface area contributed by atoms with Crippen molar-refractivity contribution < 1.29 is 0 Å². The highest BCUT2D eigenvalue weighted by atomic mass is 15.1. The quantitative estimate of drug-likeness (QED) is 0.657. The van der Waals surface area contributed by atoms with Gasteiger partial charge < -0.3 is 10.6 Å². The first kappa shape index (κ1) is 12.0. The molecule has 0 spiro atoms. The Balaban J connectivity index is 1.93. The molecule has 4 rings (SSSR count). The van der Waals surface area contributed by atoms with E-state index in [0.717, 1.165) is 12.2 Å². The van der Waals surface area contributed by atoms with Gasteiger partial charge in [-0.2, -0.15) is 0 Å². The van der Waals surface area contributed by atoms with Crippen LogP contribution in [-0.4, -0.2) is 0 Å². The van der Waals surface area contributed by atoms with Gasteiger partial charge in [-0.05, 0) is 41.5 Å². The number of nitrogens with two attached hydrogens (primary N) is 1. The Hall–Kier alpha value is -2.74. The van der Waals surface area contributed by atoms with E-state index in [1.165, 1.54) is 28.1 Å². The predicted octanol–water partition coefficient (Wildman–Crippen LogP) is 4.59. The molecule has 0 aromatic heterocycles. The normalized spacial score (nSPS) is 12.7. The van der Waals surface area contributed by atoms with E-state index in [4.69, 9.17) is 5.73 Å². The Labute approximate surface area is 124 Å². The van der Waals surface area contributed by atoms with Crippen LogP contribution in [0, 0.1) is 0 Å². The topological polar surface area (TPSA) is 29.3 Å². The first-order chi connectivity index (χ1) is 10.3. The third-order valence-corrected chi connectivity index (χ3v) is 4.01. The van der Waals surface area contributed by atoms with Crippen LogP contribution in [0.25, 0.3) is 11.1 Å². The van der Waals surface area contributed by atoms with Crippen LogP contribution in [0.2, 0.25) is 0 Å². The van der Waals surface area contributed by atoms with Gasteiger partial charge in [-0.15, -0.1) is 0 Å². The zero-order valence-electron chi connectivity index (χ0n) is 11.7. The fraction of sp³-hybridized carbons (Fsp3) is 0.0526. The predicted molar refractivity (Wildman–Crippen MR) is 88.6 cm³/mol. The summed E-state index contributed by atoms with van der Waals surface area (Å²) in [5.41, 5.74) is 13.1. The summed E-state index contributed by atoms with van der Waals surface area (Å²) in [6.07, 6.45) is 0. The molecule has 2 heteroatoms. The first-order valence-corrected chi connectivity index (χ1v) is 7.13. The third kappa shape index (κ3) is 1.96. The van der Waals surface area contributed by atoms with Crippen LogP contribution in [0.3, 0.4) is 0 Å². The molecule has 0 radical (unpaired) electrons. The summed E-state index contributed by atoms with van der Waals surface area (Å²) >= 11 is 0. The minimum Gasteiger partial charge on any atom is -0.399 e. The van der Waals surface area contributed by atoms with Crippen LogP contribution < -0.4 is 10.6 Å². The summed E-state index contributed by atoms with van der Waals surface area (Å²) in [5.74, 6) is 0. The number of hydrogen-bond acceptors (Lipinski definition) is 2. The van der Waals surface area contributed by atoms with Crippen molar-refractivity contribution in [1.29, 1.82) is 0 Å². The van der Waals surface area contributed by atoms with E-state index in [1.54, 1.807) is 0 Å². The van der Waals surface area contributed by atoms with Crippen molar-refractivity contribution in [2.45, 2.75) is 6.54 Å². The van der Waals surface area contributed by atoms with Gasteiger partial charge in [0.25, 0.3) is 0 Å². The van der Waals surface area contributed by atoms with Crippen molar-refractivity contribution in [3.63, 3.8) is 0 Å². The molecule has 0 fully saturated rings. The summed E-state index contributed by atoms with van der Waals surface area (Å²) in [7, 11) is 0. The van der Waals surface area contributed by atoms with E-state index < -0.39 is 0 Å². The van der Waals surface area contributed by atoms with Crippen molar-refractivity contribution in [2.75, 3.05) is 10.6 Å². The molecule has 2 N–H and O–H groups in total. The molecule has 0 amide bonds. The van der Waals surface area contributed by atoms with Crippen LogP contribution >= 0.6 is 0 Å². The lowest BCUT2D eigenvalue weighted by Gasteiger charge is -2.33. The van der Waals surface area contributed by atoms with E-state index in [2.05, 4.69) is 65.6 Å². The molecule has 3 aromatic carbocycles. The van der Waals surface area contributed by atoms with Crippen molar-refractivity contribution >= 4 is 17.1 Å². The second kappa shape index (κ2) is 4.67. The van der Waals surface area contributed by atoms with Gasteiger partial charge in [0.15, 0.2) is 0 Å². The van der Waals surface area contributed by atoms with Crippen LogP contribution in [0.5, 0.6) is 0 Å². The number of fused-ring (bicyclic) bond motifs is 3. The highest BCUT2D eigenvalue weighted by Crippen LogP contribution is 2.42. The Kier molecular flexibility index (Phi) is 2.68. The largest absolute Gasteiger partial charge is 0.399 e. The molecule has 0 saturated carbocycles. The molecule has 21 heavy (non-hydrogen) atoms. The summed E-state index contributed by atoms with van der Waals surface area (Å²) < 4.78 is 0. The van der Waals surface area contributed by atoms with Crippen LogP contribution in [0.15, 0.2) is 72.8 Å². The zero-order chi connectivity index (χ0) is 14.2. The monoisotopic (exact) mass is 272 g/mol. The number of nitrogens with zero attached hydrogens (tertiary/aromatic N) is 1. The molecule has 0 bridgehead atoms. The van der Waals surface area contributed by atoms with Gasteiger partial charge in [0.05, 0.1) is 0 Å². The van der Waals surface area contributed by atoms with Gasteiger partial charge in [0.2, 0.25) is 0 Å². The van der Waals surface area contributed by atoms with E-state index in [9.17, 15) is 0 Å². The average molecular weight is 272 g/mol. The molecule has 1 heterocycles. The molecule has 102 valence electrons. The molecule has 0 aliphatic carbocycles. The number of anilines is 3. The maximum Gasteiger partial charge on any atom is 0.0493 e. The number of rotatable bonds is 1. The summed E-state index contributed by atoms with van der Waals surface area (Å²) in [5, 5.41) is 0. The Morgan fingerprint density at radius 2 is 1.52 bits per heavy atom. The lowest BCUT2D eigenvalue weighted by atomic mass is 9.92. The molecular formula is C19H16N2. The molecule has 1 aliphatic heterocycles. The van der Waals surface area contributed by atoms with Gasteiger partial charge in [0.1, 0.15) is 0 Å². The molecule has 0 saturated heterocycles. The van der Waals surface area contributed by atoms with Crippen LogP contribution in [-0.2, 0) is 6.54 Å². The smallest absolute Gasteiger partial charge is 0.0493 e. The maximum absolute atomic E-state index is 5.97. The fourth-order valence-corrected chi connectivity index (χ4v) is 3.04. The Morgan fingerprint density at radius 3 is 2.38 bits per heavy atom. The van der Waals surface area contributed by atoms with E-state index in [-0.39, 0.29) is 0 Å². The Morgan fingerprint density at radius 1 is 0.762 bits per heavy atom. The number of nitrogen functional groups attached to an aromatic ring is 1. The van der Waals surface area contributed by atoms with Gasteiger partial charge in [-0.1, -0.05) is 42.5 Å². The van der Waals surface area contributed by atoms with Gasteiger partial charge >= 0.3 is 0 Å². The number of benzene rings is 3. The average Bonchev–Trinajstić information content (AvgIpc) is 2.54. The number of hydrogen-bond donors (Lipinski definition) is 1. The minimum absolute atomic E-state index is 0.821. The fourth-order valence-electron chi connectivity index (χ4n) is 3.04. The van der Waals surface area contributed by atoms with E-state index in [1.807, 2.05) is 12.1 Å². The van der Waals surface area contributed by atoms with Gasteiger partial charge in [-0.25, -0.2) is 0 Å². The van der Waals surface area contributed by atoms with Crippen molar-refractivity contribution in [1.82, 2.24) is 0 Å². The van der Waals surface area contributed by atoms with Crippen LogP contribution in [0.1, 0.15) is 5.56 Å². The molecule has 0 unspecified atom stereocenters. The number of para-hydroxylation sites is 2. The zero-order valence-corrected chi connectivity index (χ0v) is 11.7. The second-order valence-electron chi connectivity index (χ2n) is 5.36. The molecule has 1 aliphatic rings. The van der Waals surface area contributed by atoms with Gasteiger partial charge in [-0.3, -0.25) is 0 Å². The lowest BCUT2D eigenvalue weighted by molar-refractivity contribution is 0.962. The van der Waals surface area contributed by atoms with Crippen LogP contribution in [0.4, 0.5) is 17.1 Å². The summed E-state index contributed by atoms with van der Waals surface area (Å²) in [6.45, 7) is 0.849. The SMILES string of the molecule is Nc1ccc2c(c1)CN(c1ccccc1)c1ccccc1-2. The summed E-state index contributed by atoms with van der Waals surface area (Å²) in [4.78, 5) is 2.34. The summed E-state index contributed by atoms with van der Waals surface area (Å²) in [6, 6.07) is 25.2. The first-order valence-electron chi connectivity index (χ1n) is 7.13. The maximum atomic E-state index is 5.97. The lowest BCUT2D eigenvalue weighted by Crippen LogP contribution is -2.21. The van der Waals surface area contributed by atoms with E-state index >= 15 is 0 Å². The molecule has 3 aromatic rings. The van der Waals surface area contributed by atoms with Gasteiger partial charge in [0, 0.05) is 29.2 Å². The molecule has 0 atom stereocenters. The second-order valence-corrected chi connectivity index (χ2v) is 5.36. The highest BCUT2D eigenvalue weighted by molar-refractivity contribution is 5.87. The highest BCUT2D eigenvalue weighted by Gasteiger charge is 2.22. The van der Waals surface area contributed by atoms with Crippen molar-refractivity contribution in [3.05, 3.63) is 78.4 Å². The molecular weight excluding hydrogens is 256 g/mol. The molecule has 2 nitrogen and oxygen atoms in total. The minimum atomic E-state index is 0.821. The van der Waals surface area contributed by atoms with Crippen molar-refractivity contribution in [3.8, 4) is 11.1 Å². The van der Waals surface area contributed by atoms with Crippen molar-refractivity contribution in [2.24, 2.45) is 0 Å². The van der Waals surface area contributed by atoms with E-state index in [0.29, 0.717) is 0 Å². The Bertz CT molecular complexity index is 794. The third-order valence-electron chi connectivity index (χ3n) is 4.01.